The van der Waals surface area contributed by atoms with Crippen molar-refractivity contribution in [3.8, 4) is 22.5 Å². The summed E-state index contributed by atoms with van der Waals surface area (Å²) in [5.41, 5.74) is 9.51. The van der Waals surface area contributed by atoms with Crippen LogP contribution in [0.1, 0.15) is 42.7 Å². The summed E-state index contributed by atoms with van der Waals surface area (Å²) in [6.45, 7) is 4.40. The lowest BCUT2D eigenvalue weighted by atomic mass is 9.87. The van der Waals surface area contributed by atoms with Gasteiger partial charge >= 0.3 is 0 Å². The second kappa shape index (κ2) is 10.2. The fourth-order valence-corrected chi connectivity index (χ4v) is 5.67. The third-order valence-electron chi connectivity index (χ3n) is 7.68. The molecule has 0 unspecified atom stereocenters. The number of rotatable bonds is 5. The number of aromatic nitrogens is 3. The molecule has 2 saturated heterocycles. The minimum atomic E-state index is -0.763. The topological polar surface area (TPSA) is 97.1 Å². The Labute approximate surface area is 218 Å². The number of halogens is 2. The average molecular weight is 518 g/mol. The second-order valence-electron chi connectivity index (χ2n) is 10.1. The summed E-state index contributed by atoms with van der Waals surface area (Å²) in [6.07, 6.45) is 5.32. The van der Waals surface area contributed by atoms with Crippen molar-refractivity contribution in [2.45, 2.75) is 38.1 Å². The zero-order valence-electron chi connectivity index (χ0n) is 21.0. The largest absolute Gasteiger partial charge is 0.382 e. The Balaban J connectivity index is 1.43. The maximum absolute atomic E-state index is 15.2. The van der Waals surface area contributed by atoms with E-state index in [4.69, 9.17) is 10.5 Å². The lowest BCUT2D eigenvalue weighted by Crippen LogP contribution is -2.21. The van der Waals surface area contributed by atoms with E-state index in [-0.39, 0.29) is 28.0 Å². The van der Waals surface area contributed by atoms with Gasteiger partial charge in [0.15, 0.2) is 5.82 Å². The molecule has 0 atom stereocenters. The Bertz CT molecular complexity index is 1560. The van der Waals surface area contributed by atoms with Crippen LogP contribution in [-0.2, 0) is 11.3 Å². The molecule has 4 heterocycles. The summed E-state index contributed by atoms with van der Waals surface area (Å²) in [4.78, 5) is 25.4. The number of benzene rings is 2. The molecule has 0 saturated carbocycles. The van der Waals surface area contributed by atoms with Crippen LogP contribution in [0.2, 0.25) is 0 Å². The molecule has 196 valence electrons. The molecule has 4 aromatic rings. The van der Waals surface area contributed by atoms with Crippen molar-refractivity contribution < 1.29 is 13.5 Å². The van der Waals surface area contributed by atoms with Gasteiger partial charge in [-0.15, -0.1) is 0 Å². The van der Waals surface area contributed by atoms with Crippen molar-refractivity contribution in [3.05, 3.63) is 75.8 Å². The summed E-state index contributed by atoms with van der Waals surface area (Å²) >= 11 is 0. The van der Waals surface area contributed by atoms with Crippen LogP contribution in [0.15, 0.2) is 47.4 Å². The van der Waals surface area contributed by atoms with Gasteiger partial charge in [-0.2, -0.15) is 9.37 Å². The number of ether oxygens (including phenoxy) is 1. The van der Waals surface area contributed by atoms with Gasteiger partial charge in [0.1, 0.15) is 17.2 Å². The summed E-state index contributed by atoms with van der Waals surface area (Å²) in [7, 11) is 0. The molecule has 9 heteroatoms. The number of nitrogens with one attached hydrogen (secondary N) is 1. The van der Waals surface area contributed by atoms with Crippen molar-refractivity contribution in [3.63, 3.8) is 0 Å². The fourth-order valence-electron chi connectivity index (χ4n) is 5.67. The summed E-state index contributed by atoms with van der Waals surface area (Å²) in [5.74, 6) is -1.04. The number of aromatic amines is 1. The van der Waals surface area contributed by atoms with Crippen molar-refractivity contribution in [1.82, 2.24) is 19.9 Å². The van der Waals surface area contributed by atoms with Crippen LogP contribution in [0.5, 0.6) is 0 Å². The van der Waals surface area contributed by atoms with Crippen molar-refractivity contribution in [2.24, 2.45) is 0 Å². The van der Waals surface area contributed by atoms with Crippen molar-refractivity contribution >= 4 is 16.6 Å². The first-order valence-corrected chi connectivity index (χ1v) is 13.1. The van der Waals surface area contributed by atoms with Crippen LogP contribution in [0, 0.1) is 11.8 Å². The van der Waals surface area contributed by atoms with Crippen LogP contribution in [-0.4, -0.2) is 46.2 Å². The molecule has 6 rings (SSSR count). The Morgan fingerprint density at radius 3 is 2.50 bits per heavy atom. The van der Waals surface area contributed by atoms with Crippen LogP contribution < -0.4 is 11.3 Å². The van der Waals surface area contributed by atoms with Gasteiger partial charge in [-0.25, -0.2) is 9.37 Å². The van der Waals surface area contributed by atoms with E-state index in [1.165, 1.54) is 36.1 Å². The highest BCUT2D eigenvalue weighted by molar-refractivity contribution is 5.88. The van der Waals surface area contributed by atoms with E-state index < -0.39 is 17.3 Å². The molecule has 0 bridgehead atoms. The molecule has 0 aliphatic carbocycles. The van der Waals surface area contributed by atoms with E-state index in [9.17, 15) is 9.18 Å². The Kier molecular flexibility index (Phi) is 6.63. The predicted octanol–water partition coefficient (Wildman–Crippen LogP) is 5.00. The molecular weight excluding hydrogens is 488 g/mol. The first kappa shape index (κ1) is 24.6. The first-order valence-electron chi connectivity index (χ1n) is 13.1. The van der Waals surface area contributed by atoms with Gasteiger partial charge in [-0.3, -0.25) is 9.69 Å². The normalized spacial score (nSPS) is 16.9. The van der Waals surface area contributed by atoms with Gasteiger partial charge in [0.25, 0.3) is 5.56 Å². The van der Waals surface area contributed by atoms with Gasteiger partial charge < -0.3 is 15.5 Å². The smallest absolute Gasteiger partial charge is 0.256 e. The number of fused-ring (bicyclic) bond motifs is 1. The SMILES string of the molecule is Nc1nc(F)c(-c2ccc(C3CCOCC3)c(CN3CCCC3)c2)nc1-c1ccc2c(=O)[nH]cc(F)c2c1. The number of anilines is 1. The van der Waals surface area contributed by atoms with E-state index in [1.807, 2.05) is 12.1 Å². The standard InChI is InChI=1S/C29H29F2N5O2/c30-24-15-33-29(37)22-6-4-19(14-23(22)24)26-28(32)35-27(31)25(34-26)18-3-5-21(17-7-11-38-12-8-17)20(13-18)16-36-9-1-2-10-36/h3-6,13-15,17H,1-2,7-12,16H2,(H2,32,35)(H,33,37). The lowest BCUT2D eigenvalue weighted by molar-refractivity contribution is 0.0850. The van der Waals surface area contributed by atoms with E-state index in [2.05, 4.69) is 25.9 Å². The van der Waals surface area contributed by atoms with Crippen LogP contribution in [0.4, 0.5) is 14.6 Å². The molecule has 38 heavy (non-hydrogen) atoms. The highest BCUT2D eigenvalue weighted by atomic mass is 19.1. The van der Waals surface area contributed by atoms with Crippen LogP contribution in [0.25, 0.3) is 33.3 Å². The van der Waals surface area contributed by atoms with Crippen LogP contribution in [0.3, 0.4) is 0 Å². The maximum Gasteiger partial charge on any atom is 0.256 e. The number of nitrogen functional groups attached to an aromatic ring is 1. The minimum Gasteiger partial charge on any atom is -0.382 e. The fraction of sp³-hybridized carbons (Fsp3) is 0.345. The third kappa shape index (κ3) is 4.68. The minimum absolute atomic E-state index is 0.0851. The van der Waals surface area contributed by atoms with Gasteiger partial charge in [-0.1, -0.05) is 18.2 Å². The lowest BCUT2D eigenvalue weighted by Gasteiger charge is -2.27. The highest BCUT2D eigenvalue weighted by Gasteiger charge is 2.23. The molecule has 7 nitrogen and oxygen atoms in total. The van der Waals surface area contributed by atoms with E-state index in [0.29, 0.717) is 17.0 Å². The third-order valence-corrected chi connectivity index (χ3v) is 7.68. The van der Waals surface area contributed by atoms with E-state index in [1.54, 1.807) is 6.07 Å². The maximum atomic E-state index is 15.2. The van der Waals surface area contributed by atoms with Crippen molar-refractivity contribution in [1.29, 1.82) is 0 Å². The molecule has 2 aliphatic rings. The number of nitrogens with zero attached hydrogens (tertiary/aromatic N) is 3. The van der Waals surface area contributed by atoms with Gasteiger partial charge in [0.2, 0.25) is 5.95 Å². The van der Waals surface area contributed by atoms with Gasteiger partial charge in [0.05, 0.1) is 0 Å². The second-order valence-corrected chi connectivity index (χ2v) is 10.1. The molecule has 0 spiro atoms. The van der Waals surface area contributed by atoms with E-state index in [0.717, 1.165) is 51.9 Å². The monoisotopic (exact) mass is 517 g/mol. The summed E-state index contributed by atoms with van der Waals surface area (Å²) in [5, 5.41) is 0.338. The number of nitrogens with two attached hydrogens (primary N) is 1. The molecule has 2 aromatic heterocycles. The van der Waals surface area contributed by atoms with Crippen LogP contribution >= 0.6 is 0 Å². The molecule has 3 N–H and O–H groups in total. The van der Waals surface area contributed by atoms with Gasteiger partial charge in [-0.05, 0) is 74.0 Å². The van der Waals surface area contributed by atoms with E-state index >= 15 is 4.39 Å². The molecule has 2 fully saturated rings. The molecule has 0 amide bonds. The molecule has 2 aromatic carbocycles. The highest BCUT2D eigenvalue weighted by Crippen LogP contribution is 2.35. The quantitative estimate of drug-likeness (QED) is 0.387. The molecule has 2 aliphatic heterocycles. The number of pyridine rings is 1. The van der Waals surface area contributed by atoms with Crippen molar-refractivity contribution in [2.75, 3.05) is 32.0 Å². The summed E-state index contributed by atoms with van der Waals surface area (Å²) < 4.78 is 35.2. The number of likely N-dealkylation sites (tertiary alicyclic amines) is 1. The average Bonchev–Trinajstić information content (AvgIpc) is 3.44. The number of H-pyrrole nitrogens is 1. The Morgan fingerprint density at radius 2 is 1.71 bits per heavy atom. The number of hydrogen-bond acceptors (Lipinski definition) is 6. The Hall–Kier alpha value is -3.69. The first-order chi connectivity index (χ1) is 18.5. The zero-order chi connectivity index (χ0) is 26.2. The molecule has 0 radical (unpaired) electrons. The molecular formula is C29H29F2N5O2. The number of hydrogen-bond donors (Lipinski definition) is 2. The predicted molar refractivity (Wildman–Crippen MR) is 143 cm³/mol. The van der Waals surface area contributed by atoms with Gasteiger partial charge in [0, 0.05) is 47.9 Å². The summed E-state index contributed by atoms with van der Waals surface area (Å²) in [6, 6.07) is 10.6. The Morgan fingerprint density at radius 1 is 0.974 bits per heavy atom. The zero-order valence-corrected chi connectivity index (χ0v) is 21.0.